The maximum Gasteiger partial charge on any atom is 0.119 e. The number of benzene rings is 4. The van der Waals surface area contributed by atoms with Gasteiger partial charge in [0.15, 0.2) is 0 Å². The molecule has 0 aliphatic carbocycles. The topological polar surface area (TPSA) is 21.7 Å². The van der Waals surface area contributed by atoms with Crippen molar-refractivity contribution in [3.05, 3.63) is 138 Å². The molecular weight excluding hydrogens is 430 g/mol. The predicted octanol–water partition coefficient (Wildman–Crippen LogP) is 7.78. The monoisotopic (exact) mass is 459 g/mol. The quantitative estimate of drug-likeness (QED) is 0.294. The van der Waals surface area contributed by atoms with Gasteiger partial charge in [-0.05, 0) is 77.2 Å². The molecule has 3 nitrogen and oxygen atoms in total. The van der Waals surface area contributed by atoms with Crippen molar-refractivity contribution in [1.29, 1.82) is 0 Å². The van der Waals surface area contributed by atoms with Gasteiger partial charge in [0.2, 0.25) is 0 Å². The van der Waals surface area contributed by atoms with Crippen molar-refractivity contribution in [2.75, 3.05) is 19.1 Å². The molecule has 0 saturated heterocycles. The minimum Gasteiger partial charge on any atom is -0.497 e. The van der Waals surface area contributed by atoms with E-state index in [-0.39, 0.29) is 6.04 Å². The molecule has 1 atom stereocenters. The summed E-state index contributed by atoms with van der Waals surface area (Å²) in [5, 5.41) is 0. The van der Waals surface area contributed by atoms with Gasteiger partial charge in [-0.25, -0.2) is 0 Å². The number of anilines is 1. The minimum absolute atomic E-state index is 0.00547. The number of ether oxygens (including phenoxy) is 2. The molecular formula is C32H29NO2. The molecule has 4 aromatic carbocycles. The van der Waals surface area contributed by atoms with Gasteiger partial charge in [-0.1, -0.05) is 72.8 Å². The van der Waals surface area contributed by atoms with E-state index in [1.165, 1.54) is 33.5 Å². The van der Waals surface area contributed by atoms with Crippen LogP contribution in [0.4, 0.5) is 5.69 Å². The summed E-state index contributed by atoms with van der Waals surface area (Å²) >= 11 is 0. The lowest BCUT2D eigenvalue weighted by Crippen LogP contribution is -2.31. The summed E-state index contributed by atoms with van der Waals surface area (Å²) < 4.78 is 10.8. The van der Waals surface area contributed by atoms with E-state index in [1.54, 1.807) is 14.2 Å². The average molecular weight is 460 g/mol. The molecule has 0 spiro atoms. The van der Waals surface area contributed by atoms with Crippen LogP contribution in [0.3, 0.4) is 0 Å². The Kier molecular flexibility index (Phi) is 6.40. The van der Waals surface area contributed by atoms with Gasteiger partial charge < -0.3 is 14.4 Å². The molecule has 0 aromatic heterocycles. The number of rotatable bonds is 6. The van der Waals surface area contributed by atoms with E-state index < -0.39 is 0 Å². The van der Waals surface area contributed by atoms with E-state index in [9.17, 15) is 0 Å². The van der Waals surface area contributed by atoms with Gasteiger partial charge in [-0.2, -0.15) is 0 Å². The molecule has 174 valence electrons. The smallest absolute Gasteiger partial charge is 0.119 e. The summed E-state index contributed by atoms with van der Waals surface area (Å²) in [5.74, 6) is 1.70. The van der Waals surface area contributed by atoms with E-state index >= 15 is 0 Å². The Labute approximate surface area is 207 Å². The van der Waals surface area contributed by atoms with Crippen molar-refractivity contribution in [3.8, 4) is 11.5 Å². The number of nitrogens with zero attached hydrogens (tertiary/aromatic N) is 1. The Morgan fingerprint density at radius 1 is 0.600 bits per heavy atom. The average Bonchev–Trinajstić information content (AvgIpc) is 2.93. The van der Waals surface area contributed by atoms with Gasteiger partial charge in [0, 0.05) is 11.4 Å². The molecule has 5 rings (SSSR count). The molecule has 1 aliphatic rings. The van der Waals surface area contributed by atoms with Crippen molar-refractivity contribution in [2.24, 2.45) is 0 Å². The van der Waals surface area contributed by atoms with Gasteiger partial charge in [0.05, 0.1) is 20.3 Å². The third kappa shape index (κ3) is 4.45. The molecule has 1 unspecified atom stereocenters. The number of methoxy groups -OCH3 is 2. The number of hydrogen-bond acceptors (Lipinski definition) is 3. The molecule has 0 amide bonds. The van der Waals surface area contributed by atoms with E-state index in [0.29, 0.717) is 0 Å². The third-order valence-electron chi connectivity index (χ3n) is 6.51. The van der Waals surface area contributed by atoms with Crippen LogP contribution in [0.2, 0.25) is 0 Å². The zero-order chi connectivity index (χ0) is 24.2. The zero-order valence-electron chi connectivity index (χ0n) is 20.3. The second kappa shape index (κ2) is 9.94. The summed E-state index contributed by atoms with van der Waals surface area (Å²) in [7, 11) is 3.40. The fourth-order valence-electron chi connectivity index (χ4n) is 4.82. The van der Waals surface area contributed by atoms with Gasteiger partial charge >= 0.3 is 0 Å². The number of allylic oxidation sites excluding steroid dienone is 3. The van der Waals surface area contributed by atoms with Crippen LogP contribution in [0.1, 0.15) is 29.7 Å². The first-order valence-electron chi connectivity index (χ1n) is 11.8. The summed E-state index contributed by atoms with van der Waals surface area (Å²) in [6.07, 6.45) is 2.30. The fraction of sp³-hybridized carbons (Fsp3) is 0.125. The largest absolute Gasteiger partial charge is 0.497 e. The Morgan fingerprint density at radius 2 is 1.14 bits per heavy atom. The lowest BCUT2D eigenvalue weighted by molar-refractivity contribution is 0.414. The SMILES string of the molecule is COc1ccc(C2=C(c3ccccc3)C(c3ccccc3)N(c3ccc(OC)cc3)C(C)=C2)cc1. The van der Waals surface area contributed by atoms with E-state index in [0.717, 1.165) is 17.2 Å². The molecule has 0 saturated carbocycles. The molecule has 0 fully saturated rings. The molecule has 0 radical (unpaired) electrons. The molecule has 3 heteroatoms. The maximum atomic E-state index is 5.43. The van der Waals surface area contributed by atoms with Crippen LogP contribution < -0.4 is 14.4 Å². The van der Waals surface area contributed by atoms with Crippen molar-refractivity contribution < 1.29 is 9.47 Å². The Balaban J connectivity index is 1.77. The molecule has 0 bridgehead atoms. The summed E-state index contributed by atoms with van der Waals surface area (Å²) in [4.78, 5) is 2.42. The third-order valence-corrected chi connectivity index (χ3v) is 6.51. The van der Waals surface area contributed by atoms with Crippen LogP contribution in [0, 0.1) is 0 Å². The lowest BCUT2D eigenvalue weighted by Gasteiger charge is -2.41. The highest BCUT2D eigenvalue weighted by Gasteiger charge is 2.32. The maximum absolute atomic E-state index is 5.43. The lowest BCUT2D eigenvalue weighted by atomic mass is 9.82. The molecule has 4 aromatic rings. The zero-order valence-corrected chi connectivity index (χ0v) is 20.3. The highest BCUT2D eigenvalue weighted by molar-refractivity contribution is 6.01. The van der Waals surface area contributed by atoms with Crippen molar-refractivity contribution >= 4 is 16.8 Å². The Hall–Kier alpha value is -4.24. The predicted molar refractivity (Wildman–Crippen MR) is 145 cm³/mol. The molecule has 1 aliphatic heterocycles. The fourth-order valence-corrected chi connectivity index (χ4v) is 4.82. The Morgan fingerprint density at radius 3 is 1.71 bits per heavy atom. The van der Waals surface area contributed by atoms with E-state index in [2.05, 4.69) is 103 Å². The number of hydrogen-bond donors (Lipinski definition) is 0. The first kappa shape index (κ1) is 22.5. The van der Waals surface area contributed by atoms with Crippen molar-refractivity contribution in [3.63, 3.8) is 0 Å². The van der Waals surface area contributed by atoms with Crippen molar-refractivity contribution in [2.45, 2.75) is 13.0 Å². The van der Waals surface area contributed by atoms with Crippen LogP contribution in [-0.2, 0) is 0 Å². The van der Waals surface area contributed by atoms with Crippen LogP contribution in [0.5, 0.6) is 11.5 Å². The van der Waals surface area contributed by atoms with E-state index in [1.807, 2.05) is 24.3 Å². The summed E-state index contributed by atoms with van der Waals surface area (Å²) in [5.41, 5.74) is 8.39. The highest BCUT2D eigenvalue weighted by atomic mass is 16.5. The van der Waals surface area contributed by atoms with Crippen LogP contribution >= 0.6 is 0 Å². The van der Waals surface area contributed by atoms with E-state index in [4.69, 9.17) is 9.47 Å². The Bertz CT molecular complexity index is 1340. The first-order chi connectivity index (χ1) is 17.2. The molecule has 1 heterocycles. The van der Waals surface area contributed by atoms with Gasteiger partial charge in [0.25, 0.3) is 0 Å². The van der Waals surface area contributed by atoms with Gasteiger partial charge in [-0.3, -0.25) is 0 Å². The highest BCUT2D eigenvalue weighted by Crippen LogP contribution is 2.48. The normalized spacial score (nSPS) is 15.6. The van der Waals surface area contributed by atoms with Gasteiger partial charge in [0.1, 0.15) is 11.5 Å². The van der Waals surface area contributed by atoms with Crippen LogP contribution in [-0.4, -0.2) is 14.2 Å². The van der Waals surface area contributed by atoms with Crippen LogP contribution in [0.25, 0.3) is 11.1 Å². The van der Waals surface area contributed by atoms with Gasteiger partial charge in [-0.15, -0.1) is 0 Å². The minimum atomic E-state index is -0.00547. The van der Waals surface area contributed by atoms with Crippen molar-refractivity contribution in [1.82, 2.24) is 0 Å². The standard InChI is InChI=1S/C32H29NO2/c1-23-22-30(24-14-18-28(34-2)19-15-24)31(25-10-6-4-7-11-25)32(26-12-8-5-9-13-26)33(23)27-16-20-29(35-3)21-17-27/h4-22,32H,1-3H3. The molecule has 35 heavy (non-hydrogen) atoms. The van der Waals surface area contributed by atoms with Crippen LogP contribution in [0.15, 0.2) is 121 Å². The summed E-state index contributed by atoms with van der Waals surface area (Å²) in [6, 6.07) is 38.1. The second-order valence-corrected chi connectivity index (χ2v) is 8.59. The second-order valence-electron chi connectivity index (χ2n) is 8.59. The molecule has 0 N–H and O–H groups in total. The summed E-state index contributed by atoms with van der Waals surface area (Å²) in [6.45, 7) is 2.19. The first-order valence-corrected chi connectivity index (χ1v) is 11.8.